The highest BCUT2D eigenvalue weighted by molar-refractivity contribution is 7.91. The van der Waals surface area contributed by atoms with Gasteiger partial charge >= 0.3 is 0 Å². The predicted octanol–water partition coefficient (Wildman–Crippen LogP) is 2.18. The summed E-state index contributed by atoms with van der Waals surface area (Å²) in [4.78, 5) is 1.88. The van der Waals surface area contributed by atoms with Crippen molar-refractivity contribution in [1.82, 2.24) is 9.21 Å². The Labute approximate surface area is 149 Å². The first-order valence-electron chi connectivity index (χ1n) is 8.34. The minimum atomic E-state index is -3.37. The van der Waals surface area contributed by atoms with Crippen molar-refractivity contribution >= 4 is 19.9 Å². The van der Waals surface area contributed by atoms with Crippen LogP contribution in [0.3, 0.4) is 0 Å². The Morgan fingerprint density at radius 2 is 1.38 bits per heavy atom. The summed E-state index contributed by atoms with van der Waals surface area (Å²) in [6, 6.07) is 0.000188. The largest absolute Gasteiger partial charge is 0.285 e. The van der Waals surface area contributed by atoms with Crippen LogP contribution in [0.2, 0.25) is 0 Å². The van der Waals surface area contributed by atoms with Crippen molar-refractivity contribution in [3.05, 3.63) is 0 Å². The van der Waals surface area contributed by atoms with E-state index in [9.17, 15) is 16.8 Å². The van der Waals surface area contributed by atoms with Crippen molar-refractivity contribution in [3.8, 4) is 0 Å². The van der Waals surface area contributed by atoms with Crippen molar-refractivity contribution in [2.45, 2.75) is 67.0 Å². The van der Waals surface area contributed by atoms with Gasteiger partial charge in [0.15, 0.2) is 9.84 Å². The van der Waals surface area contributed by atoms with Crippen LogP contribution in [0.1, 0.15) is 55.4 Å². The molecular weight excluding hydrogens is 348 g/mol. The maximum atomic E-state index is 12.1. The highest BCUT2D eigenvalue weighted by Gasteiger charge is 2.33. The van der Waals surface area contributed by atoms with Gasteiger partial charge < -0.3 is 0 Å². The van der Waals surface area contributed by atoms with E-state index in [2.05, 4.69) is 20.8 Å². The Morgan fingerprint density at radius 3 is 1.67 bits per heavy atom. The Morgan fingerprint density at radius 1 is 0.917 bits per heavy atom. The topological polar surface area (TPSA) is 74.8 Å². The smallest absolute Gasteiger partial charge is 0.211 e. The summed E-state index contributed by atoms with van der Waals surface area (Å²) in [7, 11) is -6.56. The molecule has 0 heterocycles. The standard InChI is InChI=1S/C16H36N2O4S2/c1-10-24(21,22)13-17(14(2)15(3,4)5)11-12-18(16(6,7)8)23(9,19)20/h14H,10-13H2,1-9H3. The lowest BCUT2D eigenvalue weighted by molar-refractivity contribution is 0.116. The summed E-state index contributed by atoms with van der Waals surface area (Å²) < 4.78 is 49.8. The monoisotopic (exact) mass is 384 g/mol. The predicted molar refractivity (Wildman–Crippen MR) is 101 cm³/mol. The molecule has 0 rings (SSSR count). The average molecular weight is 385 g/mol. The van der Waals surface area contributed by atoms with Gasteiger partial charge in [-0.3, -0.25) is 4.90 Å². The Kier molecular flexibility index (Phi) is 7.95. The molecule has 0 radical (unpaired) electrons. The summed E-state index contributed by atoms with van der Waals surface area (Å²) in [5, 5.41) is 0. The molecule has 0 aliphatic heterocycles. The van der Waals surface area contributed by atoms with Crippen molar-refractivity contribution < 1.29 is 16.8 Å². The van der Waals surface area contributed by atoms with Gasteiger partial charge in [0.1, 0.15) is 5.88 Å². The van der Waals surface area contributed by atoms with Crippen LogP contribution in [0.5, 0.6) is 0 Å². The molecule has 0 saturated heterocycles. The molecule has 0 aromatic carbocycles. The lowest BCUT2D eigenvalue weighted by Gasteiger charge is -2.40. The van der Waals surface area contributed by atoms with Crippen LogP contribution in [0, 0.1) is 5.41 Å². The zero-order chi connectivity index (χ0) is 19.6. The second-order valence-electron chi connectivity index (χ2n) is 8.52. The first-order valence-corrected chi connectivity index (χ1v) is 12.0. The lowest BCUT2D eigenvalue weighted by atomic mass is 9.87. The summed E-state index contributed by atoms with van der Waals surface area (Å²) in [6.45, 7) is 16.0. The van der Waals surface area contributed by atoms with Crippen LogP contribution in [-0.2, 0) is 19.9 Å². The molecule has 0 fully saturated rings. The molecule has 8 heteroatoms. The summed E-state index contributed by atoms with van der Waals surface area (Å²) in [5.41, 5.74) is -0.658. The van der Waals surface area contributed by atoms with Crippen molar-refractivity contribution in [1.29, 1.82) is 0 Å². The van der Waals surface area contributed by atoms with E-state index in [4.69, 9.17) is 0 Å². The fraction of sp³-hybridized carbons (Fsp3) is 1.00. The summed E-state index contributed by atoms with van der Waals surface area (Å²) in [6.07, 6.45) is 1.19. The molecule has 0 bridgehead atoms. The molecule has 0 saturated carbocycles. The molecule has 0 N–H and O–H groups in total. The first kappa shape index (κ1) is 23.8. The summed E-state index contributed by atoms with van der Waals surface area (Å²) >= 11 is 0. The molecular formula is C16H36N2O4S2. The Hall–Kier alpha value is -0.180. The van der Waals surface area contributed by atoms with Crippen LogP contribution in [0.4, 0.5) is 0 Å². The number of sulfone groups is 1. The fourth-order valence-corrected chi connectivity index (χ4v) is 4.93. The van der Waals surface area contributed by atoms with Gasteiger partial charge in [0.05, 0.1) is 6.26 Å². The maximum Gasteiger partial charge on any atom is 0.211 e. The van der Waals surface area contributed by atoms with Crippen LogP contribution in [-0.4, -0.2) is 68.6 Å². The number of rotatable bonds is 8. The molecule has 24 heavy (non-hydrogen) atoms. The van der Waals surface area contributed by atoms with Gasteiger partial charge in [-0.05, 0) is 33.1 Å². The summed E-state index contributed by atoms with van der Waals surface area (Å²) in [5.74, 6) is 0.0269. The third kappa shape index (κ3) is 7.80. The highest BCUT2D eigenvalue weighted by Crippen LogP contribution is 2.25. The zero-order valence-corrected chi connectivity index (χ0v) is 18.4. The van der Waals surface area contributed by atoms with Gasteiger partial charge in [0, 0.05) is 30.4 Å². The van der Waals surface area contributed by atoms with Gasteiger partial charge in [0.25, 0.3) is 0 Å². The minimum Gasteiger partial charge on any atom is -0.285 e. The molecule has 6 nitrogen and oxygen atoms in total. The highest BCUT2D eigenvalue weighted by atomic mass is 32.2. The van der Waals surface area contributed by atoms with E-state index in [1.54, 1.807) is 6.92 Å². The van der Waals surface area contributed by atoms with E-state index in [1.807, 2.05) is 32.6 Å². The number of hydrogen-bond acceptors (Lipinski definition) is 5. The van der Waals surface area contributed by atoms with Gasteiger partial charge in [-0.1, -0.05) is 27.7 Å². The van der Waals surface area contributed by atoms with E-state index >= 15 is 0 Å². The van der Waals surface area contributed by atoms with Gasteiger partial charge in [-0.25, -0.2) is 16.8 Å². The fourth-order valence-electron chi connectivity index (χ4n) is 2.48. The van der Waals surface area contributed by atoms with Gasteiger partial charge in [-0.15, -0.1) is 0 Å². The van der Waals surface area contributed by atoms with Crippen LogP contribution in [0.25, 0.3) is 0 Å². The first-order chi connectivity index (χ1) is 10.4. The minimum absolute atomic E-state index is 0.000188. The third-order valence-electron chi connectivity index (χ3n) is 4.34. The normalized spacial score (nSPS) is 16.0. The van der Waals surface area contributed by atoms with E-state index in [-0.39, 0.29) is 29.6 Å². The third-order valence-corrected chi connectivity index (χ3v) is 7.48. The number of nitrogens with zero attached hydrogens (tertiary/aromatic N) is 2. The zero-order valence-electron chi connectivity index (χ0n) is 16.7. The van der Waals surface area contributed by atoms with Crippen LogP contribution < -0.4 is 0 Å². The SMILES string of the molecule is CCS(=O)(=O)CN(CCN(C(C)(C)C)S(C)(=O)=O)C(C)C(C)(C)C. The average Bonchev–Trinajstić information content (AvgIpc) is 2.32. The molecule has 0 aromatic heterocycles. The maximum absolute atomic E-state index is 12.1. The van der Waals surface area contributed by atoms with Crippen LogP contribution in [0.15, 0.2) is 0 Å². The molecule has 1 unspecified atom stereocenters. The molecule has 1 atom stereocenters. The van der Waals surface area contributed by atoms with E-state index in [0.717, 1.165) is 0 Å². The lowest BCUT2D eigenvalue weighted by Crippen LogP contribution is -2.52. The van der Waals surface area contributed by atoms with Crippen molar-refractivity contribution in [2.24, 2.45) is 5.41 Å². The number of hydrogen-bond donors (Lipinski definition) is 0. The Bertz CT molecular complexity index is 599. The second-order valence-corrected chi connectivity index (χ2v) is 12.8. The quantitative estimate of drug-likeness (QED) is 0.641. The van der Waals surface area contributed by atoms with Crippen molar-refractivity contribution in [2.75, 3.05) is 31.0 Å². The van der Waals surface area contributed by atoms with E-state index in [1.165, 1.54) is 10.6 Å². The van der Waals surface area contributed by atoms with Crippen molar-refractivity contribution in [3.63, 3.8) is 0 Å². The molecule has 0 amide bonds. The Balaban J connectivity index is 5.48. The van der Waals surface area contributed by atoms with E-state index < -0.39 is 25.4 Å². The van der Waals surface area contributed by atoms with Gasteiger partial charge in [0.2, 0.25) is 10.0 Å². The molecule has 146 valence electrons. The molecule has 0 aromatic rings. The molecule has 0 aliphatic rings. The molecule has 0 spiro atoms. The van der Waals surface area contributed by atoms with Crippen LogP contribution >= 0.6 is 0 Å². The second kappa shape index (κ2) is 8.01. The molecule has 0 aliphatic carbocycles. The van der Waals surface area contributed by atoms with E-state index in [0.29, 0.717) is 6.54 Å². The van der Waals surface area contributed by atoms with Gasteiger partial charge in [-0.2, -0.15) is 4.31 Å². The number of sulfonamides is 1.